The van der Waals surface area contributed by atoms with Gasteiger partial charge in [-0.2, -0.15) is 0 Å². The Balaban J connectivity index is 1.73. The monoisotopic (exact) mass is 394 g/mol. The highest BCUT2D eigenvalue weighted by Gasteiger charge is 2.33. The first-order valence-electron chi connectivity index (χ1n) is 9.42. The normalized spacial score (nSPS) is 24.1. The summed E-state index contributed by atoms with van der Waals surface area (Å²) in [4.78, 5) is 25.7. The van der Waals surface area contributed by atoms with Gasteiger partial charge in [-0.25, -0.2) is 13.1 Å². The number of carbonyl (C=O) groups is 2. The molecule has 1 saturated heterocycles. The van der Waals surface area contributed by atoms with Crippen molar-refractivity contribution >= 4 is 21.9 Å². The number of sulfonamides is 1. The minimum Gasteiger partial charge on any atom is -0.481 e. The predicted octanol–water partition coefficient (Wildman–Crippen LogP) is 2.09. The number of nitrogens with one attached hydrogen (secondary N) is 1. The number of hydrogen-bond acceptors (Lipinski definition) is 4. The van der Waals surface area contributed by atoms with Crippen LogP contribution in [0.2, 0.25) is 0 Å². The maximum atomic E-state index is 12.8. The summed E-state index contributed by atoms with van der Waals surface area (Å²) in [7, 11) is -3.66. The molecule has 0 spiro atoms. The molecule has 8 heteroatoms. The van der Waals surface area contributed by atoms with Crippen LogP contribution in [0.15, 0.2) is 29.2 Å². The number of benzene rings is 1. The van der Waals surface area contributed by atoms with Crippen LogP contribution in [-0.2, 0) is 14.8 Å². The van der Waals surface area contributed by atoms with Gasteiger partial charge >= 0.3 is 5.97 Å². The Morgan fingerprint density at radius 1 is 1.19 bits per heavy atom. The molecule has 2 fully saturated rings. The van der Waals surface area contributed by atoms with Gasteiger partial charge in [0.05, 0.1) is 10.8 Å². The molecule has 0 radical (unpaired) electrons. The molecule has 2 N–H and O–H groups in total. The lowest BCUT2D eigenvalue weighted by Gasteiger charge is -2.35. The van der Waals surface area contributed by atoms with Gasteiger partial charge in [0.2, 0.25) is 10.0 Å². The van der Waals surface area contributed by atoms with Gasteiger partial charge in [0.1, 0.15) is 0 Å². The lowest BCUT2D eigenvalue weighted by molar-refractivity contribution is -0.145. The number of nitrogens with zero attached hydrogens (tertiary/aromatic N) is 1. The molecule has 1 saturated carbocycles. The molecule has 148 valence electrons. The van der Waals surface area contributed by atoms with Crippen molar-refractivity contribution < 1.29 is 23.1 Å². The molecule has 7 nitrogen and oxygen atoms in total. The van der Waals surface area contributed by atoms with Crippen LogP contribution in [0.5, 0.6) is 0 Å². The summed E-state index contributed by atoms with van der Waals surface area (Å²) < 4.78 is 27.9. The van der Waals surface area contributed by atoms with Gasteiger partial charge in [0, 0.05) is 24.7 Å². The molecule has 2 aliphatic rings. The number of likely N-dealkylation sites (tertiary alicyclic amines) is 1. The highest BCUT2D eigenvalue weighted by atomic mass is 32.2. The number of rotatable bonds is 5. The van der Waals surface area contributed by atoms with Gasteiger partial charge in [0.25, 0.3) is 5.91 Å². The number of hydrogen-bond donors (Lipinski definition) is 2. The Labute approximate surface area is 159 Å². The fourth-order valence-electron chi connectivity index (χ4n) is 4.01. The van der Waals surface area contributed by atoms with Crippen LogP contribution in [-0.4, -0.2) is 49.4 Å². The second-order valence-corrected chi connectivity index (χ2v) is 9.31. The predicted molar refractivity (Wildman–Crippen MR) is 99.8 cm³/mol. The van der Waals surface area contributed by atoms with Crippen LogP contribution in [0.3, 0.4) is 0 Å². The zero-order valence-electron chi connectivity index (χ0n) is 15.4. The third-order valence-electron chi connectivity index (χ3n) is 5.58. The molecular formula is C19H26N2O5S. The van der Waals surface area contributed by atoms with E-state index >= 15 is 0 Å². The standard InChI is InChI=1S/C19H26N2O5S/c1-13-12-21(10-9-17(13)19(23)24)18(22)14-5-4-8-16(11-14)27(25,26)20-15-6-2-3-7-15/h4-5,8,11,13,15,17,20H,2-3,6-7,9-10,12H2,1H3,(H,23,24). The van der Waals surface area contributed by atoms with Gasteiger partial charge in [-0.3, -0.25) is 9.59 Å². The Bertz CT molecular complexity index is 817. The van der Waals surface area contributed by atoms with Crippen LogP contribution in [0, 0.1) is 11.8 Å². The van der Waals surface area contributed by atoms with E-state index in [0.717, 1.165) is 25.7 Å². The molecule has 1 aliphatic carbocycles. The van der Waals surface area contributed by atoms with E-state index in [9.17, 15) is 23.1 Å². The molecule has 2 unspecified atom stereocenters. The van der Waals surface area contributed by atoms with Crippen molar-refractivity contribution in [2.45, 2.75) is 50.0 Å². The van der Waals surface area contributed by atoms with E-state index in [2.05, 4.69) is 4.72 Å². The van der Waals surface area contributed by atoms with Crippen molar-refractivity contribution in [2.75, 3.05) is 13.1 Å². The lowest BCUT2D eigenvalue weighted by Crippen LogP contribution is -2.45. The largest absolute Gasteiger partial charge is 0.481 e. The molecule has 0 aromatic heterocycles. The smallest absolute Gasteiger partial charge is 0.306 e. The molecule has 3 rings (SSSR count). The Morgan fingerprint density at radius 3 is 2.52 bits per heavy atom. The van der Waals surface area contributed by atoms with E-state index in [4.69, 9.17) is 0 Å². The first-order chi connectivity index (χ1) is 12.8. The van der Waals surface area contributed by atoms with E-state index in [1.165, 1.54) is 12.1 Å². The molecule has 1 amide bonds. The van der Waals surface area contributed by atoms with Crippen LogP contribution < -0.4 is 4.72 Å². The first kappa shape index (κ1) is 19.8. The van der Waals surface area contributed by atoms with Crippen LogP contribution in [0.1, 0.15) is 49.4 Å². The van der Waals surface area contributed by atoms with Gasteiger partial charge in [-0.15, -0.1) is 0 Å². The maximum Gasteiger partial charge on any atom is 0.306 e. The van der Waals surface area contributed by atoms with Crippen molar-refractivity contribution in [2.24, 2.45) is 11.8 Å². The minimum absolute atomic E-state index is 0.0368. The van der Waals surface area contributed by atoms with E-state index < -0.39 is 21.9 Å². The summed E-state index contributed by atoms with van der Waals surface area (Å²) in [5, 5.41) is 9.22. The number of carboxylic acid groups (broad SMARTS) is 1. The van der Waals surface area contributed by atoms with Gasteiger partial charge in [-0.1, -0.05) is 25.8 Å². The molecule has 1 aromatic rings. The van der Waals surface area contributed by atoms with E-state index in [1.807, 2.05) is 6.92 Å². The minimum atomic E-state index is -3.66. The Hall–Kier alpha value is -1.93. The first-order valence-corrected chi connectivity index (χ1v) is 10.9. The SMILES string of the molecule is CC1CN(C(=O)c2cccc(S(=O)(=O)NC3CCCC3)c2)CCC1C(=O)O. The van der Waals surface area contributed by atoms with Crippen molar-refractivity contribution in [1.29, 1.82) is 0 Å². The average Bonchev–Trinajstić information content (AvgIpc) is 3.13. The highest BCUT2D eigenvalue weighted by Crippen LogP contribution is 2.25. The maximum absolute atomic E-state index is 12.8. The molecule has 1 heterocycles. The summed E-state index contributed by atoms with van der Waals surface area (Å²) in [5.74, 6) is -1.68. The number of amides is 1. The molecule has 1 aromatic carbocycles. The van der Waals surface area contributed by atoms with Crippen LogP contribution in [0.4, 0.5) is 0 Å². The Kier molecular flexibility index (Phi) is 5.86. The highest BCUT2D eigenvalue weighted by molar-refractivity contribution is 7.89. The Morgan fingerprint density at radius 2 is 1.89 bits per heavy atom. The van der Waals surface area contributed by atoms with Gasteiger partial charge in [-0.05, 0) is 43.4 Å². The molecular weight excluding hydrogens is 368 g/mol. The zero-order valence-corrected chi connectivity index (χ0v) is 16.2. The van der Waals surface area contributed by atoms with Crippen LogP contribution in [0.25, 0.3) is 0 Å². The number of carboxylic acids is 1. The molecule has 1 aliphatic heterocycles. The summed E-state index contributed by atoms with van der Waals surface area (Å²) in [6.45, 7) is 2.54. The topological polar surface area (TPSA) is 104 Å². The fourth-order valence-corrected chi connectivity index (χ4v) is 5.36. The second kappa shape index (κ2) is 7.98. The molecule has 2 atom stereocenters. The third-order valence-corrected chi connectivity index (χ3v) is 7.10. The summed E-state index contributed by atoms with van der Waals surface area (Å²) in [5.41, 5.74) is 0.310. The van der Waals surface area contributed by atoms with Crippen LogP contribution >= 0.6 is 0 Å². The zero-order chi connectivity index (χ0) is 19.6. The van der Waals surface area contributed by atoms with Crippen molar-refractivity contribution in [3.63, 3.8) is 0 Å². The summed E-state index contributed by atoms with van der Waals surface area (Å²) in [6, 6.07) is 6.04. The third kappa shape index (κ3) is 4.50. The van der Waals surface area contributed by atoms with E-state index in [0.29, 0.717) is 25.1 Å². The summed E-state index contributed by atoms with van der Waals surface area (Å²) in [6.07, 6.45) is 4.14. The lowest BCUT2D eigenvalue weighted by atomic mass is 9.87. The van der Waals surface area contributed by atoms with E-state index in [-0.39, 0.29) is 22.8 Å². The number of carbonyl (C=O) groups excluding carboxylic acids is 1. The number of aliphatic carboxylic acids is 1. The number of piperidine rings is 1. The second-order valence-electron chi connectivity index (χ2n) is 7.59. The van der Waals surface area contributed by atoms with Crippen molar-refractivity contribution in [3.8, 4) is 0 Å². The van der Waals surface area contributed by atoms with Gasteiger partial charge < -0.3 is 10.0 Å². The quantitative estimate of drug-likeness (QED) is 0.796. The average molecular weight is 394 g/mol. The van der Waals surface area contributed by atoms with Crippen molar-refractivity contribution in [1.82, 2.24) is 9.62 Å². The summed E-state index contributed by atoms with van der Waals surface area (Å²) >= 11 is 0. The molecule has 0 bridgehead atoms. The molecule has 27 heavy (non-hydrogen) atoms. The van der Waals surface area contributed by atoms with Gasteiger partial charge in [0.15, 0.2) is 0 Å². The van der Waals surface area contributed by atoms with Crippen molar-refractivity contribution in [3.05, 3.63) is 29.8 Å². The van der Waals surface area contributed by atoms with E-state index in [1.54, 1.807) is 17.0 Å². The fraction of sp³-hybridized carbons (Fsp3) is 0.579.